The Bertz CT molecular complexity index is 70.7. The minimum Gasteiger partial charge on any atom is -1.00 e. The summed E-state index contributed by atoms with van der Waals surface area (Å²) in [5.74, 6) is 0. The van der Waals surface area contributed by atoms with E-state index in [1.165, 1.54) is 0 Å². The van der Waals surface area contributed by atoms with Crippen LogP contribution in [0.2, 0.25) is 0 Å². The van der Waals surface area contributed by atoms with Gasteiger partial charge in [-0.25, -0.2) is 0 Å². The maximum Gasteiger partial charge on any atom is 1.00 e. The molecule has 0 atom stereocenters. The van der Waals surface area contributed by atoms with E-state index in [0.717, 1.165) is 0 Å². The van der Waals surface area contributed by atoms with Gasteiger partial charge in [0.2, 0.25) is 0 Å². The number of hydrogen-bond donors (Lipinski definition) is 11. The second-order valence-electron chi connectivity index (χ2n) is 1.37. The van der Waals surface area contributed by atoms with Gasteiger partial charge in [0, 0.05) is 0 Å². The van der Waals surface area contributed by atoms with Gasteiger partial charge in [0.15, 0.2) is 0 Å². The third-order valence-electron chi connectivity index (χ3n) is 0. The van der Waals surface area contributed by atoms with Crippen LogP contribution in [0.25, 0.3) is 0 Å². The van der Waals surface area contributed by atoms with Crippen LogP contribution in [0, 0.1) is 0 Å². The van der Waals surface area contributed by atoms with E-state index >= 15 is 0 Å². The van der Waals surface area contributed by atoms with E-state index in [4.69, 9.17) is 60.3 Å². The average molecular weight is 328 g/mol. The third kappa shape index (κ3) is 1530. The average Bonchev–Trinajstić information content (AvgIpc) is 1.76. The Morgan fingerprint density at radius 2 is 0.474 bits per heavy atom. The summed E-state index contributed by atoms with van der Waals surface area (Å²) in [6.45, 7) is 0. The van der Waals surface area contributed by atoms with Crippen molar-refractivity contribution >= 4 is 29.3 Å². The van der Waals surface area contributed by atoms with Crippen LogP contribution in [-0.2, 0) is 0 Å². The summed E-state index contributed by atoms with van der Waals surface area (Å²) in [7, 11) is -8.92. The van der Waals surface area contributed by atoms with Crippen LogP contribution < -0.4 is 76.5 Å². The summed E-state index contributed by atoms with van der Waals surface area (Å²) >= 11 is 0. The van der Waals surface area contributed by atoms with Gasteiger partial charge >= 0.3 is 88.4 Å². The van der Waals surface area contributed by atoms with Gasteiger partial charge in [0.05, 0.1) is 0 Å². The quantitative estimate of drug-likeness (QED) is 0.186. The van der Waals surface area contributed by atoms with Gasteiger partial charge in [0.25, 0.3) is 0 Å². The topological polar surface area (TPSA) is 246 Å². The summed E-state index contributed by atoms with van der Waals surface area (Å²) in [4.78, 5) is 0. The second kappa shape index (κ2) is 36.9. The molecule has 0 rings (SSSR count). The van der Waals surface area contributed by atoms with Crippen molar-refractivity contribution in [1.82, 2.24) is 0 Å². The molecule has 19 heavy (non-hydrogen) atoms. The molecule has 104 valence electrons. The molecule has 0 aliphatic rings. The van der Waals surface area contributed by atoms with Crippen molar-refractivity contribution in [3.63, 3.8) is 0 Å². The van der Waals surface area contributed by atoms with Crippen molar-refractivity contribution in [2.45, 2.75) is 0 Å². The molecule has 0 radical (unpaired) electrons. The summed E-state index contributed by atoms with van der Waals surface area (Å²) in [5.41, 5.74) is 0. The Balaban J connectivity index is -0.0000000192. The van der Waals surface area contributed by atoms with E-state index in [1.54, 1.807) is 0 Å². The summed E-state index contributed by atoms with van der Waals surface area (Å²) < 4.78 is 0. The molecule has 0 fully saturated rings. The molecule has 0 amide bonds. The zero-order valence-electron chi connectivity index (χ0n) is 10.0. The number of rotatable bonds is 0. The fraction of sp³-hybridized carbons (Fsp3) is 0. The predicted octanol–water partition coefficient (Wildman–Crippen LogP) is -17.8. The first-order chi connectivity index (χ1) is 6.93. The van der Waals surface area contributed by atoms with Crippen LogP contribution in [0.3, 0.4) is 0 Å². The zero-order valence-corrected chi connectivity index (χ0v) is 14.8. The van der Waals surface area contributed by atoms with Crippen molar-refractivity contribution in [3.05, 3.63) is 0 Å². The first-order valence-electron chi connectivity index (χ1n) is 3.08. The third-order valence-corrected chi connectivity index (χ3v) is 0. The van der Waals surface area contributed by atoms with Gasteiger partial charge in [0.1, 0.15) is 0 Å². The fourth-order valence-electron chi connectivity index (χ4n) is 0. The van der Waals surface area contributed by atoms with Crippen LogP contribution in [-0.4, -0.2) is 84.5 Å². The van der Waals surface area contributed by atoms with Crippen molar-refractivity contribution in [2.75, 3.05) is 0 Å². The Morgan fingerprint density at radius 3 is 0.474 bits per heavy atom. The van der Waals surface area contributed by atoms with Gasteiger partial charge in [-0.2, -0.15) is 0 Å². The molecular weight excluding hydrogens is 317 g/mol. The maximum atomic E-state index is 8.64. The maximum absolute atomic E-state index is 8.64. The Kier molecular flexibility index (Phi) is 83.2. The Labute approximate surface area is 160 Å². The fourth-order valence-corrected chi connectivity index (χ4v) is 0. The van der Waals surface area contributed by atoms with Gasteiger partial charge in [-0.15, -0.1) is 0 Å². The Hall–Kier alpha value is 2.07. The van der Waals surface area contributed by atoms with E-state index in [1.807, 2.05) is 0 Å². The first-order valence-corrected chi connectivity index (χ1v) is 3.08. The summed E-state index contributed by atoms with van der Waals surface area (Å²) in [6.07, 6.45) is 0. The number of hydrogen-bond acceptors (Lipinski definition) is 12. The molecule has 0 unspecified atom stereocenters. The van der Waals surface area contributed by atoms with Gasteiger partial charge in [-0.3, -0.25) is 0 Å². The van der Waals surface area contributed by atoms with Gasteiger partial charge < -0.3 is 72.7 Å². The zero-order chi connectivity index (χ0) is 14.3. The molecule has 0 aliphatic heterocycles. The van der Waals surface area contributed by atoms with Crippen molar-refractivity contribution in [3.8, 4) is 0 Å². The predicted molar refractivity (Wildman–Crippen MR) is 47.4 cm³/mol. The smallest absolute Gasteiger partial charge is 1.00 e. The normalized spacial score (nSPS) is 5.68. The Morgan fingerprint density at radius 1 is 0.474 bits per heavy atom. The van der Waals surface area contributed by atoms with Crippen molar-refractivity contribution in [1.29, 1.82) is 0 Å². The minimum absolute atomic E-state index is 0. The molecule has 0 saturated heterocycles. The van der Waals surface area contributed by atoms with Crippen molar-refractivity contribution in [2.24, 2.45) is 0 Å². The van der Waals surface area contributed by atoms with E-state index in [-0.39, 0.29) is 71.5 Å². The second-order valence-corrected chi connectivity index (χ2v) is 1.37. The van der Waals surface area contributed by atoms with Crippen molar-refractivity contribution < 1.29 is 132 Å². The van der Waals surface area contributed by atoms with Gasteiger partial charge in [-0.05, 0) is 0 Å². The van der Waals surface area contributed by atoms with Gasteiger partial charge in [-0.1, -0.05) is 0 Å². The van der Waals surface area contributed by atoms with Crippen LogP contribution in [0.4, 0.5) is 0 Å². The molecule has 0 aromatic heterocycles. The van der Waals surface area contributed by atoms with E-state index in [2.05, 4.69) is 0 Å². The minimum atomic E-state index is -2.42. The molecule has 11 N–H and O–H groups in total. The molecule has 0 aromatic rings. The molecule has 0 saturated carbocycles. The molecule has 0 aromatic carbocycles. The summed E-state index contributed by atoms with van der Waals surface area (Å²) in [5, 5.41) is 87.2. The van der Waals surface area contributed by atoms with E-state index in [9.17, 15) is 0 Å². The number of halogens is 1. The van der Waals surface area contributed by atoms with E-state index in [0.29, 0.717) is 0 Å². The monoisotopic (exact) mass is 328 g/mol. The molecular formula is H11B4ClNa2O12. The molecule has 0 spiro atoms. The van der Waals surface area contributed by atoms with Crippen LogP contribution in [0.1, 0.15) is 0 Å². The molecule has 0 bridgehead atoms. The van der Waals surface area contributed by atoms with Crippen LogP contribution >= 0.6 is 0 Å². The SMILES string of the molecule is OB(O)O.OB(O)O.OB(O)O.[Cl-].[Na+].[Na+].[O-]B(O)O. The van der Waals surface area contributed by atoms with Crippen LogP contribution in [0.5, 0.6) is 0 Å². The first kappa shape index (κ1) is 42.9. The largest absolute Gasteiger partial charge is 1.00 e. The van der Waals surface area contributed by atoms with E-state index < -0.39 is 29.3 Å². The standard InChI is InChI=1S/3BH3O3.BH2O3.ClH.2Na/c4*2-1(3)4;;;/h3*2-4H;2-3H;1H;;/q;;;-1;;2*+1/p-1. The molecule has 0 heterocycles. The molecule has 12 nitrogen and oxygen atoms in total. The molecule has 0 aliphatic carbocycles. The molecule has 19 heteroatoms. The summed E-state index contributed by atoms with van der Waals surface area (Å²) in [6, 6.07) is 0. The van der Waals surface area contributed by atoms with Crippen LogP contribution in [0.15, 0.2) is 0 Å².